The first-order valence-electron chi connectivity index (χ1n) is 5.60. The minimum Gasteiger partial charge on any atom is -0.399 e. The maximum atomic E-state index is 5.82. The first-order chi connectivity index (χ1) is 7.72. The van der Waals surface area contributed by atoms with Crippen molar-refractivity contribution in [2.75, 3.05) is 5.73 Å². The molecule has 84 valence electrons. The van der Waals surface area contributed by atoms with Gasteiger partial charge >= 0.3 is 0 Å². The van der Waals surface area contributed by atoms with E-state index >= 15 is 0 Å². The molecule has 0 aliphatic heterocycles. The lowest BCUT2D eigenvalue weighted by Gasteiger charge is -2.09. The Kier molecular flexibility index (Phi) is 2.95. The molecule has 2 rings (SSSR count). The van der Waals surface area contributed by atoms with E-state index in [9.17, 15) is 0 Å². The molecule has 0 fully saturated rings. The number of aryl methyl sites for hydroxylation is 2. The third-order valence-corrected chi connectivity index (χ3v) is 2.68. The Morgan fingerprint density at radius 3 is 2.94 bits per heavy atom. The molecule has 0 radical (unpaired) electrons. The summed E-state index contributed by atoms with van der Waals surface area (Å²) < 4.78 is 2.17. The van der Waals surface area contributed by atoms with Gasteiger partial charge in [-0.15, -0.1) is 0 Å². The van der Waals surface area contributed by atoms with Gasteiger partial charge in [0.15, 0.2) is 0 Å². The number of benzene rings is 1. The van der Waals surface area contributed by atoms with Crippen LogP contribution in [0.2, 0.25) is 0 Å². The predicted molar refractivity (Wildman–Crippen MR) is 67.1 cm³/mol. The molecule has 0 amide bonds. The van der Waals surface area contributed by atoms with Gasteiger partial charge in [0, 0.05) is 30.2 Å². The number of nitrogen functional groups attached to an aromatic ring is 1. The SMILES string of the molecule is CCCn1ccnc1-c1cc(N)ccc1C. The van der Waals surface area contributed by atoms with Crippen molar-refractivity contribution in [3.63, 3.8) is 0 Å². The zero-order valence-electron chi connectivity index (χ0n) is 9.77. The molecule has 0 spiro atoms. The summed E-state index contributed by atoms with van der Waals surface area (Å²) in [7, 11) is 0. The molecule has 16 heavy (non-hydrogen) atoms. The van der Waals surface area contributed by atoms with Crippen molar-refractivity contribution < 1.29 is 0 Å². The van der Waals surface area contributed by atoms with Gasteiger partial charge in [-0.05, 0) is 31.0 Å². The number of hydrogen-bond donors (Lipinski definition) is 1. The van der Waals surface area contributed by atoms with Crippen molar-refractivity contribution in [2.45, 2.75) is 26.8 Å². The van der Waals surface area contributed by atoms with E-state index in [-0.39, 0.29) is 0 Å². The molecule has 2 N–H and O–H groups in total. The van der Waals surface area contributed by atoms with Crippen LogP contribution in [0.1, 0.15) is 18.9 Å². The van der Waals surface area contributed by atoms with E-state index in [1.54, 1.807) is 0 Å². The van der Waals surface area contributed by atoms with Gasteiger partial charge in [0.25, 0.3) is 0 Å². The van der Waals surface area contributed by atoms with Crippen molar-refractivity contribution in [1.29, 1.82) is 0 Å². The quantitative estimate of drug-likeness (QED) is 0.800. The molecule has 3 nitrogen and oxygen atoms in total. The highest BCUT2D eigenvalue weighted by atomic mass is 15.1. The standard InChI is InChI=1S/C13H17N3/c1-3-7-16-8-6-15-13(16)12-9-11(14)5-4-10(12)2/h4-6,8-9H,3,7,14H2,1-2H3. The Hall–Kier alpha value is -1.77. The molecule has 0 unspecified atom stereocenters. The molecule has 0 aliphatic rings. The molecule has 2 aromatic rings. The van der Waals surface area contributed by atoms with E-state index in [0.29, 0.717) is 0 Å². The maximum absolute atomic E-state index is 5.82. The van der Waals surface area contributed by atoms with Crippen LogP contribution >= 0.6 is 0 Å². The maximum Gasteiger partial charge on any atom is 0.140 e. The third-order valence-electron chi connectivity index (χ3n) is 2.68. The van der Waals surface area contributed by atoms with Crippen molar-refractivity contribution in [2.24, 2.45) is 0 Å². The van der Waals surface area contributed by atoms with E-state index < -0.39 is 0 Å². The highest BCUT2D eigenvalue weighted by Gasteiger charge is 2.08. The average Bonchev–Trinajstić information content (AvgIpc) is 2.70. The molecule has 0 saturated heterocycles. The number of anilines is 1. The Labute approximate surface area is 95.9 Å². The van der Waals surface area contributed by atoms with E-state index in [1.165, 1.54) is 5.56 Å². The molecule has 0 saturated carbocycles. The van der Waals surface area contributed by atoms with Gasteiger partial charge in [-0.2, -0.15) is 0 Å². The number of hydrogen-bond acceptors (Lipinski definition) is 2. The largest absolute Gasteiger partial charge is 0.399 e. The molecule has 0 bridgehead atoms. The molecule has 3 heteroatoms. The molecule has 1 aromatic carbocycles. The van der Waals surface area contributed by atoms with Crippen LogP contribution in [0.15, 0.2) is 30.6 Å². The van der Waals surface area contributed by atoms with Crippen molar-refractivity contribution >= 4 is 5.69 Å². The monoisotopic (exact) mass is 215 g/mol. The minimum atomic E-state index is 0.784. The van der Waals surface area contributed by atoms with E-state index in [2.05, 4.69) is 23.4 Å². The fourth-order valence-corrected chi connectivity index (χ4v) is 1.86. The second kappa shape index (κ2) is 4.39. The zero-order valence-corrected chi connectivity index (χ0v) is 9.77. The van der Waals surface area contributed by atoms with Gasteiger partial charge in [-0.25, -0.2) is 4.98 Å². The summed E-state index contributed by atoms with van der Waals surface area (Å²) in [6.45, 7) is 5.24. The fourth-order valence-electron chi connectivity index (χ4n) is 1.86. The summed E-state index contributed by atoms with van der Waals surface area (Å²) in [5.74, 6) is 1.01. The predicted octanol–water partition coefficient (Wildman–Crippen LogP) is 2.85. The Balaban J connectivity index is 2.49. The summed E-state index contributed by atoms with van der Waals surface area (Å²) in [5.41, 5.74) is 8.93. The number of aromatic nitrogens is 2. The van der Waals surface area contributed by atoms with Crippen LogP contribution in [0.5, 0.6) is 0 Å². The van der Waals surface area contributed by atoms with Crippen LogP contribution in [-0.2, 0) is 6.54 Å². The smallest absolute Gasteiger partial charge is 0.140 e. The Morgan fingerprint density at radius 2 is 2.19 bits per heavy atom. The molecule has 1 heterocycles. The summed E-state index contributed by atoms with van der Waals surface area (Å²) >= 11 is 0. The van der Waals surface area contributed by atoms with Crippen molar-refractivity contribution in [3.05, 3.63) is 36.2 Å². The number of nitrogens with two attached hydrogens (primary N) is 1. The van der Waals surface area contributed by atoms with Crippen LogP contribution in [0.25, 0.3) is 11.4 Å². The van der Waals surface area contributed by atoms with E-state index in [4.69, 9.17) is 5.73 Å². The lowest BCUT2D eigenvalue weighted by molar-refractivity contribution is 0.685. The Bertz CT molecular complexity index is 486. The number of nitrogens with zero attached hydrogens (tertiary/aromatic N) is 2. The third kappa shape index (κ3) is 1.94. The topological polar surface area (TPSA) is 43.8 Å². The summed E-state index contributed by atoms with van der Waals surface area (Å²) in [4.78, 5) is 4.41. The van der Waals surface area contributed by atoms with Gasteiger partial charge in [0.2, 0.25) is 0 Å². The highest BCUT2D eigenvalue weighted by Crippen LogP contribution is 2.24. The van der Waals surface area contributed by atoms with Crippen molar-refractivity contribution in [1.82, 2.24) is 9.55 Å². The van der Waals surface area contributed by atoms with E-state index in [0.717, 1.165) is 30.0 Å². The molecular formula is C13H17N3. The average molecular weight is 215 g/mol. The minimum absolute atomic E-state index is 0.784. The van der Waals surface area contributed by atoms with Gasteiger partial charge < -0.3 is 10.3 Å². The van der Waals surface area contributed by atoms with Crippen molar-refractivity contribution in [3.8, 4) is 11.4 Å². The molecule has 0 aliphatic carbocycles. The molecular weight excluding hydrogens is 198 g/mol. The van der Waals surface area contributed by atoms with Crippen LogP contribution in [0, 0.1) is 6.92 Å². The second-order valence-corrected chi connectivity index (χ2v) is 4.02. The van der Waals surface area contributed by atoms with Crippen LogP contribution < -0.4 is 5.73 Å². The number of rotatable bonds is 3. The van der Waals surface area contributed by atoms with Crippen LogP contribution in [0.4, 0.5) is 5.69 Å². The lowest BCUT2D eigenvalue weighted by Crippen LogP contribution is -2.00. The van der Waals surface area contributed by atoms with Gasteiger partial charge in [-0.3, -0.25) is 0 Å². The van der Waals surface area contributed by atoms with Crippen LogP contribution in [-0.4, -0.2) is 9.55 Å². The summed E-state index contributed by atoms with van der Waals surface area (Å²) in [6.07, 6.45) is 4.96. The summed E-state index contributed by atoms with van der Waals surface area (Å²) in [6, 6.07) is 5.95. The van der Waals surface area contributed by atoms with Gasteiger partial charge in [0.1, 0.15) is 5.82 Å². The van der Waals surface area contributed by atoms with E-state index in [1.807, 2.05) is 30.6 Å². The normalized spacial score (nSPS) is 10.6. The first-order valence-corrected chi connectivity index (χ1v) is 5.60. The van der Waals surface area contributed by atoms with Gasteiger partial charge in [0.05, 0.1) is 0 Å². The summed E-state index contributed by atoms with van der Waals surface area (Å²) in [5, 5.41) is 0. The number of imidazole rings is 1. The fraction of sp³-hybridized carbons (Fsp3) is 0.308. The van der Waals surface area contributed by atoms with Gasteiger partial charge in [-0.1, -0.05) is 13.0 Å². The Morgan fingerprint density at radius 1 is 1.38 bits per heavy atom. The second-order valence-electron chi connectivity index (χ2n) is 4.02. The first kappa shape index (κ1) is 10.7. The van der Waals surface area contributed by atoms with Crippen LogP contribution in [0.3, 0.4) is 0 Å². The highest BCUT2D eigenvalue weighted by molar-refractivity contribution is 5.65. The molecule has 1 aromatic heterocycles. The molecule has 0 atom stereocenters. The zero-order chi connectivity index (χ0) is 11.5. The lowest BCUT2D eigenvalue weighted by atomic mass is 10.1.